The fourth-order valence-corrected chi connectivity index (χ4v) is 1.86. The molecule has 2 nitrogen and oxygen atoms in total. The van der Waals surface area contributed by atoms with Gasteiger partial charge in [0.15, 0.2) is 0 Å². The molecule has 1 aromatic carbocycles. The summed E-state index contributed by atoms with van der Waals surface area (Å²) in [7, 11) is 2.16. The van der Waals surface area contributed by atoms with Crippen LogP contribution in [-0.4, -0.2) is 19.6 Å². The first-order valence-electron chi connectivity index (χ1n) is 6.12. The minimum absolute atomic E-state index is 0.583. The molecule has 1 rings (SSSR count). The van der Waals surface area contributed by atoms with Gasteiger partial charge in [-0.1, -0.05) is 13.0 Å². The van der Waals surface area contributed by atoms with Crippen molar-refractivity contribution in [1.29, 1.82) is 0 Å². The van der Waals surface area contributed by atoms with Crippen molar-refractivity contribution >= 4 is 5.69 Å². The molecule has 2 heteroatoms. The lowest BCUT2D eigenvalue weighted by Gasteiger charge is -2.26. The first kappa shape index (κ1) is 13.0. The molecule has 0 radical (unpaired) electrons. The normalized spacial score (nSPS) is 12.6. The third kappa shape index (κ3) is 2.99. The predicted molar refractivity (Wildman–Crippen MR) is 72.1 cm³/mol. The van der Waals surface area contributed by atoms with Crippen molar-refractivity contribution in [3.05, 3.63) is 29.3 Å². The summed E-state index contributed by atoms with van der Waals surface area (Å²) in [6.07, 6.45) is 2.14. The first-order chi connectivity index (χ1) is 7.60. The van der Waals surface area contributed by atoms with E-state index in [1.54, 1.807) is 0 Å². The summed E-state index contributed by atoms with van der Waals surface area (Å²) in [5, 5.41) is 0. The Morgan fingerprint density at radius 1 is 1.38 bits per heavy atom. The Bertz CT molecular complexity index is 334. The lowest BCUT2D eigenvalue weighted by Crippen LogP contribution is -2.28. The van der Waals surface area contributed by atoms with Crippen molar-refractivity contribution < 1.29 is 0 Å². The number of anilines is 1. The Labute approximate surface area is 99.5 Å². The van der Waals surface area contributed by atoms with Crippen molar-refractivity contribution in [2.24, 2.45) is 5.73 Å². The molecule has 0 aliphatic rings. The highest BCUT2D eigenvalue weighted by molar-refractivity contribution is 5.51. The molecule has 0 aliphatic heterocycles. The van der Waals surface area contributed by atoms with Crippen LogP contribution >= 0.6 is 0 Å². The molecule has 0 heterocycles. The summed E-state index contributed by atoms with van der Waals surface area (Å²) in [5.41, 5.74) is 9.60. The average molecular weight is 220 g/mol. The smallest absolute Gasteiger partial charge is 0.0368 e. The van der Waals surface area contributed by atoms with E-state index in [4.69, 9.17) is 5.73 Å². The van der Waals surface area contributed by atoms with Crippen LogP contribution in [0.15, 0.2) is 18.2 Å². The average Bonchev–Trinajstić information content (AvgIpc) is 2.30. The van der Waals surface area contributed by atoms with Crippen molar-refractivity contribution in [3.63, 3.8) is 0 Å². The maximum atomic E-state index is 5.59. The Kier molecular flexibility index (Phi) is 4.81. The van der Waals surface area contributed by atoms with E-state index in [-0.39, 0.29) is 0 Å². The zero-order valence-electron chi connectivity index (χ0n) is 11.0. The Hall–Kier alpha value is -1.02. The van der Waals surface area contributed by atoms with Gasteiger partial charge in [0.2, 0.25) is 0 Å². The van der Waals surface area contributed by atoms with E-state index in [0.29, 0.717) is 6.04 Å². The molecule has 0 spiro atoms. The second kappa shape index (κ2) is 5.90. The summed E-state index contributed by atoms with van der Waals surface area (Å²) in [6, 6.07) is 7.25. The fourth-order valence-electron chi connectivity index (χ4n) is 1.86. The van der Waals surface area contributed by atoms with Crippen LogP contribution in [0.1, 0.15) is 31.4 Å². The number of hydrogen-bond acceptors (Lipinski definition) is 2. The second-order valence-electron chi connectivity index (χ2n) is 4.52. The van der Waals surface area contributed by atoms with Crippen LogP contribution in [0.3, 0.4) is 0 Å². The van der Waals surface area contributed by atoms with Gasteiger partial charge in [-0.15, -0.1) is 0 Å². The number of hydrogen-bond donors (Lipinski definition) is 1. The number of rotatable bonds is 5. The standard InChI is InChI=1S/C14H24N2/c1-5-12(3)16(4)14-7-6-13(8-9-15)11(2)10-14/h6-7,10,12H,5,8-9,15H2,1-4H3. The molecule has 16 heavy (non-hydrogen) atoms. The number of aryl methyl sites for hydroxylation is 1. The molecule has 90 valence electrons. The van der Waals surface area contributed by atoms with E-state index in [2.05, 4.69) is 50.9 Å². The Morgan fingerprint density at radius 3 is 2.56 bits per heavy atom. The summed E-state index contributed by atoms with van der Waals surface area (Å²) in [6.45, 7) is 7.36. The van der Waals surface area contributed by atoms with Crippen molar-refractivity contribution in [2.45, 2.75) is 39.7 Å². The molecule has 0 saturated heterocycles. The summed E-state index contributed by atoms with van der Waals surface area (Å²) >= 11 is 0. The maximum absolute atomic E-state index is 5.59. The van der Waals surface area contributed by atoms with E-state index in [9.17, 15) is 0 Å². The predicted octanol–water partition coefficient (Wildman–Crippen LogP) is 2.73. The summed E-state index contributed by atoms with van der Waals surface area (Å²) in [4.78, 5) is 2.33. The molecule has 0 aliphatic carbocycles. The fraction of sp³-hybridized carbons (Fsp3) is 0.571. The monoisotopic (exact) mass is 220 g/mol. The van der Waals surface area contributed by atoms with Gasteiger partial charge in [0.05, 0.1) is 0 Å². The number of nitrogens with zero attached hydrogens (tertiary/aromatic N) is 1. The van der Waals surface area contributed by atoms with E-state index >= 15 is 0 Å². The zero-order chi connectivity index (χ0) is 12.1. The van der Waals surface area contributed by atoms with Gasteiger partial charge in [-0.3, -0.25) is 0 Å². The highest BCUT2D eigenvalue weighted by atomic mass is 15.1. The van der Waals surface area contributed by atoms with Crippen LogP contribution in [0.25, 0.3) is 0 Å². The van der Waals surface area contributed by atoms with E-state index in [0.717, 1.165) is 13.0 Å². The zero-order valence-corrected chi connectivity index (χ0v) is 11.0. The first-order valence-corrected chi connectivity index (χ1v) is 6.12. The van der Waals surface area contributed by atoms with Crippen LogP contribution in [0.5, 0.6) is 0 Å². The molecular formula is C14H24N2. The Balaban J connectivity index is 2.87. The number of benzene rings is 1. The molecular weight excluding hydrogens is 196 g/mol. The van der Waals surface area contributed by atoms with E-state index < -0.39 is 0 Å². The van der Waals surface area contributed by atoms with Crippen LogP contribution in [0.2, 0.25) is 0 Å². The van der Waals surface area contributed by atoms with Crippen molar-refractivity contribution in [2.75, 3.05) is 18.5 Å². The lowest BCUT2D eigenvalue weighted by atomic mass is 10.0. The molecule has 0 fully saturated rings. The summed E-state index contributed by atoms with van der Waals surface area (Å²) in [5.74, 6) is 0. The van der Waals surface area contributed by atoms with E-state index in [1.165, 1.54) is 23.2 Å². The largest absolute Gasteiger partial charge is 0.372 e. The van der Waals surface area contributed by atoms with Gasteiger partial charge >= 0.3 is 0 Å². The highest BCUT2D eigenvalue weighted by Gasteiger charge is 2.08. The minimum Gasteiger partial charge on any atom is -0.372 e. The third-order valence-corrected chi connectivity index (χ3v) is 3.40. The molecule has 1 aromatic rings. The second-order valence-corrected chi connectivity index (χ2v) is 4.52. The quantitative estimate of drug-likeness (QED) is 0.826. The molecule has 0 saturated carbocycles. The Morgan fingerprint density at radius 2 is 2.06 bits per heavy atom. The number of nitrogens with two attached hydrogens (primary N) is 1. The van der Waals surface area contributed by atoms with Gasteiger partial charge in [-0.2, -0.15) is 0 Å². The van der Waals surface area contributed by atoms with Gasteiger partial charge < -0.3 is 10.6 Å². The molecule has 0 bridgehead atoms. The van der Waals surface area contributed by atoms with Gasteiger partial charge in [0, 0.05) is 18.8 Å². The van der Waals surface area contributed by atoms with Crippen molar-refractivity contribution in [3.8, 4) is 0 Å². The minimum atomic E-state index is 0.583. The molecule has 0 aromatic heterocycles. The van der Waals surface area contributed by atoms with Crippen molar-refractivity contribution in [1.82, 2.24) is 0 Å². The molecule has 2 N–H and O–H groups in total. The van der Waals surface area contributed by atoms with Crippen LogP contribution in [0, 0.1) is 6.92 Å². The van der Waals surface area contributed by atoms with E-state index in [1.807, 2.05) is 0 Å². The van der Waals surface area contributed by atoms with Gasteiger partial charge in [-0.25, -0.2) is 0 Å². The SMILES string of the molecule is CCC(C)N(C)c1ccc(CCN)c(C)c1. The maximum Gasteiger partial charge on any atom is 0.0368 e. The molecule has 1 unspecified atom stereocenters. The molecule has 0 amide bonds. The van der Waals surface area contributed by atoms with Crippen LogP contribution in [-0.2, 0) is 6.42 Å². The molecule has 1 atom stereocenters. The van der Waals surface area contributed by atoms with Crippen LogP contribution < -0.4 is 10.6 Å². The lowest BCUT2D eigenvalue weighted by molar-refractivity contribution is 0.663. The van der Waals surface area contributed by atoms with Gasteiger partial charge in [0.1, 0.15) is 0 Å². The van der Waals surface area contributed by atoms with Crippen LogP contribution in [0.4, 0.5) is 5.69 Å². The summed E-state index contributed by atoms with van der Waals surface area (Å²) < 4.78 is 0. The van der Waals surface area contributed by atoms with Gasteiger partial charge in [-0.05, 0) is 56.5 Å². The topological polar surface area (TPSA) is 29.3 Å². The third-order valence-electron chi connectivity index (χ3n) is 3.40. The highest BCUT2D eigenvalue weighted by Crippen LogP contribution is 2.20. The van der Waals surface area contributed by atoms with Gasteiger partial charge in [0.25, 0.3) is 0 Å².